The molecular weight excluding hydrogens is 246 g/mol. The lowest BCUT2D eigenvalue weighted by atomic mass is 9.99. The van der Waals surface area contributed by atoms with E-state index in [1.54, 1.807) is 0 Å². The van der Waals surface area contributed by atoms with Gasteiger partial charge in [-0.15, -0.1) is 0 Å². The van der Waals surface area contributed by atoms with Crippen LogP contribution in [0.15, 0.2) is 24.3 Å². The molecule has 0 radical (unpaired) electrons. The highest BCUT2D eigenvalue weighted by molar-refractivity contribution is 5.75. The molecule has 1 aliphatic rings. The smallest absolute Gasteiger partial charge is 0.109 e. The molecule has 1 atom stereocenters. The van der Waals surface area contributed by atoms with E-state index < -0.39 is 0 Å². The maximum Gasteiger partial charge on any atom is 0.109 e. The van der Waals surface area contributed by atoms with E-state index in [2.05, 4.69) is 41.1 Å². The number of benzene rings is 1. The maximum absolute atomic E-state index is 4.86. The van der Waals surface area contributed by atoms with E-state index >= 15 is 0 Å². The number of hydrogen-bond donors (Lipinski definition) is 1. The topological polar surface area (TPSA) is 29.9 Å². The van der Waals surface area contributed by atoms with Crippen molar-refractivity contribution in [3.05, 3.63) is 30.1 Å². The standard InChI is InChI=1S/C17H25N3/c1-2-3-10-17-19-15-8-4-5-9-16(15)20(17)13-14-7-6-11-18-12-14/h4-5,8-9,14,18H,2-3,6-7,10-13H2,1H3. The summed E-state index contributed by atoms with van der Waals surface area (Å²) in [7, 11) is 0. The second kappa shape index (κ2) is 6.40. The van der Waals surface area contributed by atoms with Crippen LogP contribution in [0.25, 0.3) is 11.0 Å². The first kappa shape index (κ1) is 13.6. The molecule has 3 heteroatoms. The lowest BCUT2D eigenvalue weighted by Gasteiger charge is -2.24. The van der Waals surface area contributed by atoms with Crippen LogP contribution in [0.2, 0.25) is 0 Å². The van der Waals surface area contributed by atoms with E-state index in [-0.39, 0.29) is 0 Å². The third kappa shape index (κ3) is 2.88. The van der Waals surface area contributed by atoms with E-state index in [1.165, 1.54) is 43.6 Å². The number of nitrogens with one attached hydrogen (secondary N) is 1. The van der Waals surface area contributed by atoms with Crippen molar-refractivity contribution in [1.29, 1.82) is 0 Å². The van der Waals surface area contributed by atoms with Gasteiger partial charge in [-0.1, -0.05) is 25.5 Å². The van der Waals surface area contributed by atoms with Crippen LogP contribution in [0.5, 0.6) is 0 Å². The average molecular weight is 271 g/mol. The Kier molecular flexibility index (Phi) is 4.36. The average Bonchev–Trinajstić information content (AvgIpc) is 2.84. The normalized spacial score (nSPS) is 19.6. The highest BCUT2D eigenvalue weighted by Gasteiger charge is 2.17. The lowest BCUT2D eigenvalue weighted by molar-refractivity contribution is 0.336. The maximum atomic E-state index is 4.86. The van der Waals surface area contributed by atoms with Gasteiger partial charge in [-0.25, -0.2) is 4.98 Å². The molecule has 0 aliphatic carbocycles. The van der Waals surface area contributed by atoms with Gasteiger partial charge in [0.15, 0.2) is 0 Å². The van der Waals surface area contributed by atoms with Gasteiger partial charge in [-0.05, 0) is 50.4 Å². The van der Waals surface area contributed by atoms with E-state index in [4.69, 9.17) is 4.98 Å². The fourth-order valence-electron chi connectivity index (χ4n) is 3.19. The molecule has 1 aromatic carbocycles. The summed E-state index contributed by atoms with van der Waals surface area (Å²) in [5.41, 5.74) is 2.46. The minimum absolute atomic E-state index is 0.752. The molecule has 0 amide bonds. The Labute approximate surface area is 121 Å². The number of aryl methyl sites for hydroxylation is 1. The number of para-hydroxylation sites is 2. The Morgan fingerprint density at radius 2 is 2.25 bits per heavy atom. The summed E-state index contributed by atoms with van der Waals surface area (Å²) in [6.07, 6.45) is 6.21. The molecule has 108 valence electrons. The van der Waals surface area contributed by atoms with Crippen LogP contribution in [-0.4, -0.2) is 22.6 Å². The van der Waals surface area contributed by atoms with Crippen LogP contribution < -0.4 is 5.32 Å². The van der Waals surface area contributed by atoms with Crippen LogP contribution >= 0.6 is 0 Å². The number of unbranched alkanes of at least 4 members (excludes halogenated alkanes) is 1. The number of nitrogens with zero attached hydrogens (tertiary/aromatic N) is 2. The van der Waals surface area contributed by atoms with Crippen molar-refractivity contribution in [1.82, 2.24) is 14.9 Å². The molecule has 1 aliphatic heterocycles. The number of hydrogen-bond acceptors (Lipinski definition) is 2. The second-order valence-electron chi connectivity index (χ2n) is 5.94. The molecule has 0 saturated carbocycles. The molecule has 1 N–H and O–H groups in total. The van der Waals surface area contributed by atoms with Crippen molar-refractivity contribution in [2.75, 3.05) is 13.1 Å². The van der Waals surface area contributed by atoms with Crippen LogP contribution in [0.3, 0.4) is 0 Å². The second-order valence-corrected chi connectivity index (χ2v) is 5.94. The van der Waals surface area contributed by atoms with Gasteiger partial charge < -0.3 is 9.88 Å². The van der Waals surface area contributed by atoms with Gasteiger partial charge >= 0.3 is 0 Å². The molecule has 2 heterocycles. The highest BCUT2D eigenvalue weighted by Crippen LogP contribution is 2.21. The fourth-order valence-corrected chi connectivity index (χ4v) is 3.19. The first-order valence-electron chi connectivity index (χ1n) is 8.03. The quantitative estimate of drug-likeness (QED) is 0.903. The lowest BCUT2D eigenvalue weighted by Crippen LogP contribution is -2.32. The molecule has 20 heavy (non-hydrogen) atoms. The largest absolute Gasteiger partial charge is 0.328 e. The molecule has 1 saturated heterocycles. The molecule has 3 nitrogen and oxygen atoms in total. The first-order valence-corrected chi connectivity index (χ1v) is 8.03. The van der Waals surface area contributed by atoms with Crippen LogP contribution in [0.4, 0.5) is 0 Å². The summed E-state index contributed by atoms with van der Waals surface area (Å²) in [5, 5.41) is 3.52. The van der Waals surface area contributed by atoms with E-state index in [9.17, 15) is 0 Å². The number of imidazole rings is 1. The zero-order chi connectivity index (χ0) is 13.8. The Balaban J connectivity index is 1.88. The van der Waals surface area contributed by atoms with Crippen molar-refractivity contribution in [2.24, 2.45) is 5.92 Å². The van der Waals surface area contributed by atoms with Crippen molar-refractivity contribution in [3.8, 4) is 0 Å². The number of aromatic nitrogens is 2. The van der Waals surface area contributed by atoms with Gasteiger partial charge in [-0.3, -0.25) is 0 Å². The van der Waals surface area contributed by atoms with E-state index in [0.29, 0.717) is 0 Å². The van der Waals surface area contributed by atoms with Crippen molar-refractivity contribution >= 4 is 11.0 Å². The zero-order valence-electron chi connectivity index (χ0n) is 12.4. The van der Waals surface area contributed by atoms with Gasteiger partial charge in [0.1, 0.15) is 5.82 Å². The van der Waals surface area contributed by atoms with Gasteiger partial charge in [0, 0.05) is 13.0 Å². The van der Waals surface area contributed by atoms with Gasteiger partial charge in [0.2, 0.25) is 0 Å². The van der Waals surface area contributed by atoms with Crippen molar-refractivity contribution < 1.29 is 0 Å². The third-order valence-electron chi connectivity index (χ3n) is 4.33. The number of piperidine rings is 1. The predicted molar refractivity (Wildman–Crippen MR) is 83.9 cm³/mol. The molecule has 3 rings (SSSR count). The summed E-state index contributed by atoms with van der Waals surface area (Å²) in [4.78, 5) is 4.86. The zero-order valence-corrected chi connectivity index (χ0v) is 12.4. The number of fused-ring (bicyclic) bond motifs is 1. The minimum Gasteiger partial charge on any atom is -0.328 e. The third-order valence-corrected chi connectivity index (χ3v) is 4.33. The molecule has 1 aromatic heterocycles. The van der Waals surface area contributed by atoms with Crippen LogP contribution in [0, 0.1) is 5.92 Å². The summed E-state index contributed by atoms with van der Waals surface area (Å²) in [6, 6.07) is 8.57. The molecule has 1 unspecified atom stereocenters. The highest BCUT2D eigenvalue weighted by atomic mass is 15.1. The molecule has 2 aromatic rings. The van der Waals surface area contributed by atoms with Gasteiger partial charge in [-0.2, -0.15) is 0 Å². The molecule has 0 bridgehead atoms. The Hall–Kier alpha value is -1.35. The van der Waals surface area contributed by atoms with E-state index in [0.717, 1.165) is 30.9 Å². The summed E-state index contributed by atoms with van der Waals surface area (Å²) in [5.74, 6) is 2.03. The summed E-state index contributed by atoms with van der Waals surface area (Å²) < 4.78 is 2.47. The van der Waals surface area contributed by atoms with Crippen LogP contribution in [-0.2, 0) is 13.0 Å². The SMILES string of the molecule is CCCCc1nc2ccccc2n1CC1CCCNC1. The fraction of sp³-hybridized carbons (Fsp3) is 0.588. The van der Waals surface area contributed by atoms with E-state index in [1.807, 2.05) is 0 Å². The molecule has 1 fully saturated rings. The molecule has 0 spiro atoms. The Bertz CT molecular complexity index is 552. The monoisotopic (exact) mass is 271 g/mol. The Morgan fingerprint density at radius 1 is 1.35 bits per heavy atom. The first-order chi connectivity index (χ1) is 9.88. The van der Waals surface area contributed by atoms with Crippen molar-refractivity contribution in [3.63, 3.8) is 0 Å². The van der Waals surface area contributed by atoms with Crippen LogP contribution in [0.1, 0.15) is 38.4 Å². The minimum atomic E-state index is 0.752. The van der Waals surface area contributed by atoms with Crippen molar-refractivity contribution in [2.45, 2.75) is 45.6 Å². The number of rotatable bonds is 5. The summed E-state index contributed by atoms with van der Waals surface area (Å²) >= 11 is 0. The van der Waals surface area contributed by atoms with Gasteiger partial charge in [0.25, 0.3) is 0 Å². The summed E-state index contributed by atoms with van der Waals surface area (Å²) in [6.45, 7) is 5.70. The Morgan fingerprint density at radius 3 is 3.05 bits per heavy atom. The van der Waals surface area contributed by atoms with Gasteiger partial charge in [0.05, 0.1) is 11.0 Å². The molecular formula is C17H25N3. The predicted octanol–water partition coefficient (Wildman–Crippen LogP) is 3.38.